The standard InChI is InChI=1S/C35H42O16/c1-15-11-21-30(6,23(47-16(2)36)19-9-10-45-13-19)24(48-17(3)37)25(49-18(4)38)35-31(7)20(12-22(39)44-8)29(5)14-32(31,42)33(43,26(29)40)27(46-15)34(21,35)50-28(41)51-35/h9-11,13,20-21,23-27,40,42-43H,12,14H2,1-8H3/t20-,21+,23-,24-,25+,26-,27+,29-,30+,31+,32+,33-,34+,35-/m0/s1. The van der Waals surface area contributed by atoms with Gasteiger partial charge in [0, 0.05) is 44.1 Å². The number of carbonyl (C=O) groups excluding carboxylic acids is 5. The fraction of sp³-hybridized carbons (Fsp3) is 0.686. The zero-order valence-corrected chi connectivity index (χ0v) is 29.4. The van der Waals surface area contributed by atoms with Crippen LogP contribution in [0, 0.1) is 28.1 Å². The number of carbonyl (C=O) groups is 5. The van der Waals surface area contributed by atoms with Crippen LogP contribution in [0.4, 0.5) is 4.79 Å². The van der Waals surface area contributed by atoms with Crippen LogP contribution in [0.3, 0.4) is 0 Å². The lowest BCUT2D eigenvalue weighted by Crippen LogP contribution is -2.96. The third-order valence-corrected chi connectivity index (χ3v) is 13.3. The van der Waals surface area contributed by atoms with Crippen molar-refractivity contribution in [1.82, 2.24) is 0 Å². The second kappa shape index (κ2) is 10.5. The van der Waals surface area contributed by atoms with Gasteiger partial charge >= 0.3 is 30.0 Å². The van der Waals surface area contributed by atoms with Gasteiger partial charge < -0.3 is 52.9 Å². The van der Waals surface area contributed by atoms with Crippen LogP contribution >= 0.6 is 0 Å². The van der Waals surface area contributed by atoms with Crippen molar-refractivity contribution in [3.8, 4) is 0 Å². The van der Waals surface area contributed by atoms with Gasteiger partial charge in [0.1, 0.15) is 11.7 Å². The molecule has 0 radical (unpaired) electrons. The van der Waals surface area contributed by atoms with Crippen molar-refractivity contribution in [2.45, 2.75) is 114 Å². The molecule has 1 spiro atoms. The summed E-state index contributed by atoms with van der Waals surface area (Å²) < 4.78 is 47.7. The molecule has 7 rings (SSSR count). The summed E-state index contributed by atoms with van der Waals surface area (Å²) in [7, 11) is 1.16. The highest BCUT2D eigenvalue weighted by atomic mass is 16.8. The van der Waals surface area contributed by atoms with Crippen molar-refractivity contribution in [3.05, 3.63) is 36.0 Å². The molecule has 1 aromatic heterocycles. The topological polar surface area (TPSA) is 224 Å². The molecular formula is C35H42O16. The Morgan fingerprint density at radius 3 is 2.22 bits per heavy atom. The average Bonchev–Trinajstić information content (AvgIpc) is 3.76. The first-order valence-electron chi connectivity index (χ1n) is 16.7. The van der Waals surface area contributed by atoms with Crippen molar-refractivity contribution in [2.75, 3.05) is 7.11 Å². The summed E-state index contributed by atoms with van der Waals surface area (Å²) in [6, 6.07) is 1.51. The van der Waals surface area contributed by atoms with Gasteiger partial charge in [0.05, 0.1) is 42.3 Å². The number of furan rings is 1. The maximum Gasteiger partial charge on any atom is 0.510 e. The first kappa shape index (κ1) is 35.3. The molecule has 51 heavy (non-hydrogen) atoms. The molecule has 16 nitrogen and oxygen atoms in total. The van der Waals surface area contributed by atoms with Gasteiger partial charge in [-0.15, -0.1) is 0 Å². The van der Waals surface area contributed by atoms with E-state index < -0.39 is 117 Å². The summed E-state index contributed by atoms with van der Waals surface area (Å²) in [5, 5.41) is 38.5. The van der Waals surface area contributed by atoms with E-state index in [9.17, 15) is 39.3 Å². The summed E-state index contributed by atoms with van der Waals surface area (Å²) >= 11 is 0. The fourth-order valence-corrected chi connectivity index (χ4v) is 11.8. The van der Waals surface area contributed by atoms with Crippen molar-refractivity contribution in [3.63, 3.8) is 0 Å². The van der Waals surface area contributed by atoms with Crippen LogP contribution < -0.4 is 0 Å². The van der Waals surface area contributed by atoms with E-state index in [4.69, 9.17) is 37.6 Å². The summed E-state index contributed by atoms with van der Waals surface area (Å²) in [4.78, 5) is 66.6. The predicted octanol–water partition coefficient (Wildman–Crippen LogP) is 1.78. The molecule has 16 heteroatoms. The van der Waals surface area contributed by atoms with Crippen molar-refractivity contribution in [1.29, 1.82) is 0 Å². The third kappa shape index (κ3) is 3.68. The highest BCUT2D eigenvalue weighted by Gasteiger charge is 3.03. The van der Waals surface area contributed by atoms with Gasteiger partial charge in [-0.05, 0) is 31.4 Å². The van der Waals surface area contributed by atoms with E-state index in [1.807, 2.05) is 0 Å². The van der Waals surface area contributed by atoms with Crippen molar-refractivity contribution in [2.24, 2.45) is 28.1 Å². The first-order valence-corrected chi connectivity index (χ1v) is 16.7. The molecule has 4 aliphatic carbocycles. The predicted molar refractivity (Wildman–Crippen MR) is 164 cm³/mol. The Morgan fingerprint density at radius 2 is 1.65 bits per heavy atom. The molecule has 1 saturated heterocycles. The fourth-order valence-electron chi connectivity index (χ4n) is 11.8. The second-order valence-corrected chi connectivity index (χ2v) is 15.5. The Balaban J connectivity index is 1.67. The van der Waals surface area contributed by atoms with Gasteiger partial charge in [-0.3, -0.25) is 19.2 Å². The third-order valence-electron chi connectivity index (χ3n) is 13.3. The van der Waals surface area contributed by atoms with Gasteiger partial charge in [-0.1, -0.05) is 20.8 Å². The van der Waals surface area contributed by atoms with Crippen LogP contribution in [-0.2, 0) is 52.3 Å². The Labute approximate surface area is 292 Å². The monoisotopic (exact) mass is 718 g/mol. The number of fused-ring (bicyclic) bond motifs is 2. The van der Waals surface area contributed by atoms with Gasteiger partial charge in [0.15, 0.2) is 23.9 Å². The van der Waals surface area contributed by atoms with Crippen LogP contribution in [0.5, 0.6) is 0 Å². The number of hydrogen-bond donors (Lipinski definition) is 3. The molecule has 6 aliphatic rings. The molecule has 0 amide bonds. The summed E-state index contributed by atoms with van der Waals surface area (Å²) in [5.41, 5.74) is -15.0. The molecule has 3 N–H and O–H groups in total. The molecule has 5 fully saturated rings. The lowest BCUT2D eigenvalue weighted by Gasteiger charge is -2.76. The second-order valence-electron chi connectivity index (χ2n) is 15.5. The minimum absolute atomic E-state index is 0.131. The van der Waals surface area contributed by atoms with E-state index >= 15 is 0 Å². The smallest absolute Gasteiger partial charge is 0.488 e. The minimum Gasteiger partial charge on any atom is -0.488 e. The number of esters is 4. The zero-order valence-electron chi connectivity index (χ0n) is 29.4. The van der Waals surface area contributed by atoms with Crippen LogP contribution in [-0.4, -0.2) is 99.3 Å². The largest absolute Gasteiger partial charge is 0.510 e. The van der Waals surface area contributed by atoms with Gasteiger partial charge in [-0.2, -0.15) is 0 Å². The number of hydrogen-bond acceptors (Lipinski definition) is 16. The molecule has 0 unspecified atom stereocenters. The van der Waals surface area contributed by atoms with E-state index in [-0.39, 0.29) is 17.7 Å². The highest BCUT2D eigenvalue weighted by molar-refractivity contribution is 5.74. The molecule has 2 aliphatic heterocycles. The minimum atomic E-state index is -2.64. The lowest BCUT2D eigenvalue weighted by atomic mass is 9.32. The van der Waals surface area contributed by atoms with E-state index in [0.717, 1.165) is 27.9 Å². The number of allylic oxidation sites excluding steroid dienone is 1. The summed E-state index contributed by atoms with van der Waals surface area (Å²) in [6.07, 6.45) is -6.59. The molecular weight excluding hydrogens is 676 g/mol. The van der Waals surface area contributed by atoms with Crippen molar-refractivity contribution >= 4 is 30.0 Å². The SMILES string of the molecule is COC(=O)C[C@H]1[C@]2(C)C[C@]3(O)[C@@](O)([C@H]4OC(C)=C[C@@H]5[C@](C)([C@@H](OC(C)=O)c6ccoc6)[C@@H](OC(C)=O)[C@@H](OC(C)=O)[C@]6(OC(=O)O[C@]546)[C@]13C)[C@H]2O. The number of aliphatic hydroxyl groups excluding tert-OH is 1. The lowest BCUT2D eigenvalue weighted by molar-refractivity contribution is -0.436. The Morgan fingerprint density at radius 1 is 1.00 bits per heavy atom. The van der Waals surface area contributed by atoms with Crippen LogP contribution in [0.2, 0.25) is 0 Å². The van der Waals surface area contributed by atoms with Crippen molar-refractivity contribution < 1.29 is 76.9 Å². The van der Waals surface area contributed by atoms with Crippen LogP contribution in [0.15, 0.2) is 34.8 Å². The quantitative estimate of drug-likeness (QED) is 0.270. The molecule has 278 valence electrons. The van der Waals surface area contributed by atoms with Gasteiger partial charge in [0.25, 0.3) is 0 Å². The summed E-state index contributed by atoms with van der Waals surface area (Å²) in [6.45, 7) is 9.48. The molecule has 2 bridgehead atoms. The van der Waals surface area contributed by atoms with E-state index in [1.165, 1.54) is 38.5 Å². The van der Waals surface area contributed by atoms with Gasteiger partial charge in [-0.25, -0.2) is 4.79 Å². The maximum absolute atomic E-state index is 14.0. The molecule has 3 heterocycles. The van der Waals surface area contributed by atoms with Crippen LogP contribution in [0.25, 0.3) is 0 Å². The van der Waals surface area contributed by atoms with E-state index in [1.54, 1.807) is 13.8 Å². The van der Waals surface area contributed by atoms with E-state index in [2.05, 4.69) is 0 Å². The first-order chi connectivity index (χ1) is 23.7. The molecule has 0 aromatic carbocycles. The normalized spacial score (nSPS) is 47.4. The maximum atomic E-state index is 14.0. The Kier molecular flexibility index (Phi) is 7.24. The zero-order chi connectivity index (χ0) is 37.5. The van der Waals surface area contributed by atoms with Crippen LogP contribution in [0.1, 0.15) is 73.0 Å². The Hall–Kier alpha value is -4.15. The summed E-state index contributed by atoms with van der Waals surface area (Å²) in [5.74, 6) is -5.71. The molecule has 14 atom stereocenters. The van der Waals surface area contributed by atoms with E-state index in [0.29, 0.717) is 0 Å². The van der Waals surface area contributed by atoms with Gasteiger partial charge in [0.2, 0.25) is 11.2 Å². The average molecular weight is 719 g/mol. The number of aliphatic hydroxyl groups is 3. The number of methoxy groups -OCH3 is 1. The number of rotatable bonds is 7. The Bertz CT molecular complexity index is 1750. The molecule has 1 aromatic rings. The highest BCUT2D eigenvalue weighted by Crippen LogP contribution is 2.85. The molecule has 4 saturated carbocycles. The number of ether oxygens (including phenoxy) is 7.